The van der Waals surface area contributed by atoms with Crippen LogP contribution in [0.5, 0.6) is 0 Å². The molecule has 0 unspecified atom stereocenters. The molecule has 1 aliphatic heterocycles. The van der Waals surface area contributed by atoms with Crippen molar-refractivity contribution < 1.29 is 0 Å². The number of allylic oxidation sites excluding steroid dienone is 1. The normalized spacial score (nSPS) is 16.9. The molecule has 1 aliphatic rings. The van der Waals surface area contributed by atoms with Crippen molar-refractivity contribution in [3.05, 3.63) is 11.4 Å². The number of hydrogen-bond acceptors (Lipinski definition) is 2. The van der Waals surface area contributed by atoms with Crippen LogP contribution in [0.25, 0.3) is 0 Å². The summed E-state index contributed by atoms with van der Waals surface area (Å²) in [6.07, 6.45) is 5.47. The Balaban J connectivity index is 2.80. The van der Waals surface area contributed by atoms with Gasteiger partial charge in [-0.2, -0.15) is 0 Å². The maximum absolute atomic E-state index is 4.43. The molecule has 0 fully saturated rings. The minimum Gasteiger partial charge on any atom is -0.360 e. The number of hydrogen-bond donors (Lipinski definition) is 0. The van der Waals surface area contributed by atoms with E-state index in [0.717, 1.165) is 19.4 Å². The van der Waals surface area contributed by atoms with E-state index in [2.05, 4.69) is 30.8 Å². The third-order valence-electron chi connectivity index (χ3n) is 2.37. The molecule has 12 heavy (non-hydrogen) atoms. The van der Waals surface area contributed by atoms with Crippen molar-refractivity contribution in [3.8, 4) is 0 Å². The Kier molecular flexibility index (Phi) is 3.32. The minimum atomic E-state index is 1.04. The predicted octanol–water partition coefficient (Wildman–Crippen LogP) is 2.42. The second-order valence-electron chi connectivity index (χ2n) is 3.15. The first-order valence-corrected chi connectivity index (χ1v) is 4.75. The lowest BCUT2D eigenvalue weighted by Gasteiger charge is -2.23. The molecular formula is C10H18N2. The van der Waals surface area contributed by atoms with Gasteiger partial charge in [-0.05, 0) is 31.8 Å². The van der Waals surface area contributed by atoms with Crippen LogP contribution in [0.4, 0.5) is 0 Å². The first kappa shape index (κ1) is 9.30. The molecule has 0 saturated carbocycles. The van der Waals surface area contributed by atoms with Crippen LogP contribution in [0.1, 0.15) is 33.1 Å². The number of aliphatic imine (C=N–C) groups is 1. The summed E-state index contributed by atoms with van der Waals surface area (Å²) >= 11 is 0. The fraction of sp³-hybridized carbons (Fsp3) is 0.700. The highest BCUT2D eigenvalue weighted by Gasteiger charge is 2.10. The molecule has 0 atom stereocenters. The molecule has 0 amide bonds. The molecule has 0 aromatic carbocycles. The van der Waals surface area contributed by atoms with E-state index >= 15 is 0 Å². The molecule has 68 valence electrons. The molecule has 1 rings (SSSR count). The van der Waals surface area contributed by atoms with E-state index in [4.69, 9.17) is 0 Å². The van der Waals surface area contributed by atoms with Gasteiger partial charge in [0.05, 0.1) is 0 Å². The highest BCUT2D eigenvalue weighted by molar-refractivity contribution is 5.61. The lowest BCUT2D eigenvalue weighted by Crippen LogP contribution is -2.19. The molecule has 0 aromatic rings. The summed E-state index contributed by atoms with van der Waals surface area (Å²) in [5.41, 5.74) is 1.50. The fourth-order valence-corrected chi connectivity index (χ4v) is 1.45. The maximum Gasteiger partial charge on any atom is 0.126 e. The molecule has 0 saturated heterocycles. The monoisotopic (exact) mass is 166 g/mol. The zero-order chi connectivity index (χ0) is 8.97. The van der Waals surface area contributed by atoms with E-state index < -0.39 is 0 Å². The van der Waals surface area contributed by atoms with Crippen molar-refractivity contribution in [1.82, 2.24) is 4.90 Å². The molecular weight excluding hydrogens is 148 g/mol. The molecule has 0 radical (unpaired) electrons. The third kappa shape index (κ3) is 1.87. The summed E-state index contributed by atoms with van der Waals surface area (Å²) in [6.45, 7) is 5.40. The van der Waals surface area contributed by atoms with Gasteiger partial charge in [0.1, 0.15) is 5.82 Å². The van der Waals surface area contributed by atoms with Crippen molar-refractivity contribution in [1.29, 1.82) is 0 Å². The number of nitrogens with zero attached hydrogens (tertiary/aromatic N) is 2. The van der Waals surface area contributed by atoms with E-state index in [-0.39, 0.29) is 0 Å². The van der Waals surface area contributed by atoms with Gasteiger partial charge in [-0.15, -0.1) is 0 Å². The van der Waals surface area contributed by atoms with E-state index in [1.165, 1.54) is 17.8 Å². The lowest BCUT2D eigenvalue weighted by molar-refractivity contribution is 0.426. The topological polar surface area (TPSA) is 15.6 Å². The smallest absolute Gasteiger partial charge is 0.126 e. The van der Waals surface area contributed by atoms with Gasteiger partial charge in [-0.1, -0.05) is 6.92 Å². The largest absolute Gasteiger partial charge is 0.360 e. The quantitative estimate of drug-likeness (QED) is 0.628. The Hall–Kier alpha value is -0.790. The summed E-state index contributed by atoms with van der Waals surface area (Å²) in [6, 6.07) is 0. The summed E-state index contributed by atoms with van der Waals surface area (Å²) in [4.78, 5) is 6.65. The Morgan fingerprint density at radius 3 is 2.83 bits per heavy atom. The van der Waals surface area contributed by atoms with Crippen molar-refractivity contribution in [2.24, 2.45) is 4.99 Å². The summed E-state index contributed by atoms with van der Waals surface area (Å²) < 4.78 is 0. The van der Waals surface area contributed by atoms with E-state index in [1.807, 2.05) is 6.21 Å². The average molecular weight is 166 g/mol. The van der Waals surface area contributed by atoms with E-state index in [9.17, 15) is 0 Å². The first-order chi connectivity index (χ1) is 5.79. The van der Waals surface area contributed by atoms with Gasteiger partial charge in [-0.3, -0.25) is 0 Å². The Labute approximate surface area is 75.0 Å². The SMILES string of the molecule is CCC1=C(N(C)CC)N=CCC1. The van der Waals surface area contributed by atoms with Crippen molar-refractivity contribution in [2.45, 2.75) is 33.1 Å². The average Bonchev–Trinajstić information content (AvgIpc) is 2.16. The second kappa shape index (κ2) is 4.29. The third-order valence-corrected chi connectivity index (χ3v) is 2.37. The maximum atomic E-state index is 4.43. The lowest BCUT2D eigenvalue weighted by atomic mass is 10.1. The molecule has 2 heteroatoms. The minimum absolute atomic E-state index is 1.04. The molecule has 0 bridgehead atoms. The highest BCUT2D eigenvalue weighted by atomic mass is 15.2. The van der Waals surface area contributed by atoms with Crippen LogP contribution in [0.15, 0.2) is 16.4 Å². The van der Waals surface area contributed by atoms with Crippen LogP contribution in [-0.2, 0) is 0 Å². The summed E-state index contributed by atoms with van der Waals surface area (Å²) in [7, 11) is 2.10. The van der Waals surface area contributed by atoms with Gasteiger partial charge in [0.15, 0.2) is 0 Å². The van der Waals surface area contributed by atoms with Crippen LogP contribution < -0.4 is 0 Å². The zero-order valence-electron chi connectivity index (χ0n) is 8.30. The molecule has 2 nitrogen and oxygen atoms in total. The zero-order valence-corrected chi connectivity index (χ0v) is 8.30. The van der Waals surface area contributed by atoms with Gasteiger partial charge in [0.25, 0.3) is 0 Å². The molecule has 0 spiro atoms. The highest BCUT2D eigenvalue weighted by Crippen LogP contribution is 2.21. The van der Waals surface area contributed by atoms with E-state index in [0.29, 0.717) is 0 Å². The number of rotatable bonds is 3. The van der Waals surface area contributed by atoms with Gasteiger partial charge in [0, 0.05) is 19.8 Å². The van der Waals surface area contributed by atoms with E-state index in [1.54, 1.807) is 0 Å². The second-order valence-corrected chi connectivity index (χ2v) is 3.15. The van der Waals surface area contributed by atoms with Crippen LogP contribution in [-0.4, -0.2) is 24.7 Å². The molecule has 0 N–H and O–H groups in total. The molecule has 1 heterocycles. The van der Waals surface area contributed by atoms with Crippen LogP contribution >= 0.6 is 0 Å². The predicted molar refractivity (Wildman–Crippen MR) is 53.3 cm³/mol. The summed E-state index contributed by atoms with van der Waals surface area (Å²) in [5.74, 6) is 1.20. The molecule has 0 aromatic heterocycles. The van der Waals surface area contributed by atoms with Crippen LogP contribution in [0.2, 0.25) is 0 Å². The fourth-order valence-electron chi connectivity index (χ4n) is 1.45. The van der Waals surface area contributed by atoms with Crippen molar-refractivity contribution in [2.75, 3.05) is 13.6 Å². The Morgan fingerprint density at radius 2 is 2.25 bits per heavy atom. The van der Waals surface area contributed by atoms with Gasteiger partial charge in [0.2, 0.25) is 0 Å². The van der Waals surface area contributed by atoms with Crippen LogP contribution in [0, 0.1) is 0 Å². The van der Waals surface area contributed by atoms with Crippen LogP contribution in [0.3, 0.4) is 0 Å². The Morgan fingerprint density at radius 1 is 1.50 bits per heavy atom. The standard InChI is InChI=1S/C10H18N2/c1-4-9-7-6-8-11-10(9)12(3)5-2/h8H,4-7H2,1-3H3. The molecule has 0 aliphatic carbocycles. The first-order valence-electron chi connectivity index (χ1n) is 4.75. The van der Waals surface area contributed by atoms with Crippen molar-refractivity contribution >= 4 is 6.21 Å². The van der Waals surface area contributed by atoms with Gasteiger partial charge < -0.3 is 4.90 Å². The van der Waals surface area contributed by atoms with Crippen molar-refractivity contribution in [3.63, 3.8) is 0 Å². The Bertz CT molecular complexity index is 204. The summed E-state index contributed by atoms with van der Waals surface area (Å²) in [5, 5.41) is 0. The van der Waals surface area contributed by atoms with Gasteiger partial charge >= 0.3 is 0 Å². The van der Waals surface area contributed by atoms with Gasteiger partial charge in [-0.25, -0.2) is 4.99 Å².